The Morgan fingerprint density at radius 3 is 2.60 bits per heavy atom. The summed E-state index contributed by atoms with van der Waals surface area (Å²) in [6, 6.07) is 20.3. The fourth-order valence-corrected chi connectivity index (χ4v) is 4.55. The first-order chi connectivity index (χ1) is 16.9. The summed E-state index contributed by atoms with van der Waals surface area (Å²) in [5.74, 6) is 0.641. The van der Waals surface area contributed by atoms with Gasteiger partial charge in [0, 0.05) is 10.0 Å². The molecule has 0 aromatic heterocycles. The molecule has 0 N–H and O–H groups in total. The average molecular weight is 559 g/mol. The zero-order valence-electron chi connectivity index (χ0n) is 19.4. The molecule has 182 valence electrons. The highest BCUT2D eigenvalue weighted by molar-refractivity contribution is 9.10. The van der Waals surface area contributed by atoms with Crippen LogP contribution in [-0.4, -0.2) is 29.6 Å². The minimum Gasteiger partial charge on any atom is -0.466 e. The maximum Gasteiger partial charge on any atom is 0.411 e. The van der Waals surface area contributed by atoms with Gasteiger partial charge < -0.3 is 14.2 Å². The predicted octanol–water partition coefficient (Wildman–Crippen LogP) is 7.08. The van der Waals surface area contributed by atoms with Gasteiger partial charge in [0.2, 0.25) is 0 Å². The van der Waals surface area contributed by atoms with Crippen molar-refractivity contribution in [3.63, 3.8) is 0 Å². The summed E-state index contributed by atoms with van der Waals surface area (Å²) in [6.45, 7) is 4.35. The Balaban J connectivity index is 1.57. The maximum absolute atomic E-state index is 12.8. The Kier molecular flexibility index (Phi) is 7.98. The Bertz CT molecular complexity index is 1220. The molecule has 1 amide bonds. The van der Waals surface area contributed by atoms with E-state index in [9.17, 15) is 9.59 Å². The molecule has 3 aromatic rings. The fourth-order valence-electron chi connectivity index (χ4n) is 3.99. The van der Waals surface area contributed by atoms with Crippen LogP contribution in [0.5, 0.6) is 11.5 Å². The summed E-state index contributed by atoms with van der Waals surface area (Å²) < 4.78 is 17.8. The standard InChI is InChI=1S/C27H25BrClNO5/c1-3-33-25(31)14-18-9-11-22(29)24(13-18)34-23-12-10-21(28)15-20(23)16-30-17(2)26(35-27(30)32)19-7-5-4-6-8-19/h4-13,15,17,26H,3,14,16H2,1-2H3/t17-,26-/m1/s1. The lowest BCUT2D eigenvalue weighted by Gasteiger charge is -2.22. The van der Waals surface area contributed by atoms with Gasteiger partial charge in [0.05, 0.1) is 30.6 Å². The van der Waals surface area contributed by atoms with Crippen molar-refractivity contribution in [2.75, 3.05) is 6.61 Å². The SMILES string of the molecule is CCOC(=O)Cc1ccc(Cl)c(Oc2ccc(Br)cc2CN2C(=O)O[C@@H](c3ccccc3)[C@H]2C)c1. The van der Waals surface area contributed by atoms with E-state index in [1.165, 1.54) is 0 Å². The number of esters is 1. The number of nitrogens with zero attached hydrogens (tertiary/aromatic N) is 1. The highest BCUT2D eigenvalue weighted by atomic mass is 79.9. The number of hydrogen-bond donors (Lipinski definition) is 0. The number of ether oxygens (including phenoxy) is 3. The van der Waals surface area contributed by atoms with E-state index in [1.807, 2.05) is 55.5 Å². The van der Waals surface area contributed by atoms with Crippen molar-refractivity contribution in [1.82, 2.24) is 4.90 Å². The second kappa shape index (κ2) is 11.1. The number of rotatable bonds is 8. The van der Waals surface area contributed by atoms with Crippen LogP contribution in [0.2, 0.25) is 5.02 Å². The smallest absolute Gasteiger partial charge is 0.411 e. The highest BCUT2D eigenvalue weighted by Gasteiger charge is 2.39. The molecule has 0 spiro atoms. The zero-order valence-corrected chi connectivity index (χ0v) is 21.7. The molecule has 0 unspecified atom stereocenters. The Morgan fingerprint density at radius 1 is 1.09 bits per heavy atom. The fraction of sp³-hybridized carbons (Fsp3) is 0.259. The van der Waals surface area contributed by atoms with Crippen molar-refractivity contribution in [1.29, 1.82) is 0 Å². The predicted molar refractivity (Wildman–Crippen MR) is 137 cm³/mol. The second-order valence-corrected chi connectivity index (χ2v) is 9.51. The number of halogens is 2. The van der Waals surface area contributed by atoms with E-state index in [4.69, 9.17) is 25.8 Å². The molecule has 4 rings (SSSR count). The minimum absolute atomic E-state index is 0.118. The number of cyclic esters (lactones) is 1. The molecule has 1 heterocycles. The molecule has 1 aliphatic heterocycles. The molecule has 1 saturated heterocycles. The van der Waals surface area contributed by atoms with Gasteiger partial charge in [-0.3, -0.25) is 9.69 Å². The molecule has 0 bridgehead atoms. The van der Waals surface area contributed by atoms with E-state index in [0.29, 0.717) is 23.1 Å². The third-order valence-electron chi connectivity index (χ3n) is 5.75. The maximum atomic E-state index is 12.8. The summed E-state index contributed by atoms with van der Waals surface area (Å²) in [6.07, 6.45) is -0.618. The van der Waals surface area contributed by atoms with Crippen LogP contribution in [0.25, 0.3) is 0 Å². The molecule has 35 heavy (non-hydrogen) atoms. The second-order valence-electron chi connectivity index (χ2n) is 8.18. The van der Waals surface area contributed by atoms with E-state index >= 15 is 0 Å². The summed E-state index contributed by atoms with van der Waals surface area (Å²) in [4.78, 5) is 26.3. The first-order valence-electron chi connectivity index (χ1n) is 11.3. The van der Waals surface area contributed by atoms with Gasteiger partial charge in [0.1, 0.15) is 17.6 Å². The number of carbonyl (C=O) groups is 2. The third kappa shape index (κ3) is 5.97. The molecule has 0 aliphatic carbocycles. The summed E-state index contributed by atoms with van der Waals surface area (Å²) >= 11 is 9.91. The molecule has 3 aromatic carbocycles. The first-order valence-corrected chi connectivity index (χ1v) is 12.4. The van der Waals surface area contributed by atoms with Crippen LogP contribution >= 0.6 is 27.5 Å². The lowest BCUT2D eigenvalue weighted by molar-refractivity contribution is -0.142. The number of amides is 1. The quantitative estimate of drug-likeness (QED) is 0.276. The van der Waals surface area contributed by atoms with Crippen molar-refractivity contribution in [2.24, 2.45) is 0 Å². The Hall–Kier alpha value is -3.03. The van der Waals surface area contributed by atoms with Crippen LogP contribution < -0.4 is 4.74 Å². The molecule has 6 nitrogen and oxygen atoms in total. The van der Waals surface area contributed by atoms with E-state index < -0.39 is 0 Å². The van der Waals surface area contributed by atoms with Gasteiger partial charge in [-0.25, -0.2) is 4.79 Å². The summed E-state index contributed by atoms with van der Waals surface area (Å²) in [5, 5.41) is 0.407. The van der Waals surface area contributed by atoms with Crippen LogP contribution in [0.15, 0.2) is 71.2 Å². The van der Waals surface area contributed by atoms with E-state index in [2.05, 4.69) is 15.9 Å². The van der Waals surface area contributed by atoms with Crippen molar-refractivity contribution >= 4 is 39.6 Å². The van der Waals surface area contributed by atoms with Crippen molar-refractivity contribution in [2.45, 2.75) is 39.0 Å². The van der Waals surface area contributed by atoms with E-state index in [1.54, 1.807) is 30.0 Å². The van der Waals surface area contributed by atoms with Gasteiger partial charge in [0.25, 0.3) is 0 Å². The summed E-state index contributed by atoms with van der Waals surface area (Å²) in [7, 11) is 0. The topological polar surface area (TPSA) is 65.1 Å². The van der Waals surface area contributed by atoms with Crippen LogP contribution in [0.3, 0.4) is 0 Å². The number of hydrogen-bond acceptors (Lipinski definition) is 5. The van der Waals surface area contributed by atoms with Gasteiger partial charge in [0.15, 0.2) is 0 Å². The van der Waals surface area contributed by atoms with Gasteiger partial charge >= 0.3 is 12.1 Å². The lowest BCUT2D eigenvalue weighted by Crippen LogP contribution is -2.31. The monoisotopic (exact) mass is 557 g/mol. The molecular weight excluding hydrogens is 534 g/mol. The van der Waals surface area contributed by atoms with Crippen LogP contribution in [0.1, 0.15) is 36.6 Å². The normalized spacial score (nSPS) is 17.3. The lowest BCUT2D eigenvalue weighted by atomic mass is 10.0. The molecule has 1 aliphatic rings. The zero-order chi connectivity index (χ0) is 24.9. The summed E-state index contributed by atoms with van der Waals surface area (Å²) in [5.41, 5.74) is 2.46. The Labute approximate surface area is 217 Å². The van der Waals surface area contributed by atoms with Crippen LogP contribution in [0.4, 0.5) is 4.79 Å². The number of carbonyl (C=O) groups excluding carboxylic acids is 2. The molecule has 1 fully saturated rings. The minimum atomic E-state index is -0.383. The highest BCUT2D eigenvalue weighted by Crippen LogP contribution is 2.37. The van der Waals surface area contributed by atoms with E-state index in [0.717, 1.165) is 21.2 Å². The van der Waals surface area contributed by atoms with Gasteiger partial charge in [-0.1, -0.05) is 63.9 Å². The van der Waals surface area contributed by atoms with Gasteiger partial charge in [-0.2, -0.15) is 0 Å². The first kappa shape index (κ1) is 25.1. The molecule has 0 saturated carbocycles. The van der Waals surface area contributed by atoms with Gasteiger partial charge in [-0.05, 0) is 55.3 Å². The third-order valence-corrected chi connectivity index (χ3v) is 6.56. The number of benzene rings is 3. The molecule has 8 heteroatoms. The van der Waals surface area contributed by atoms with Crippen molar-refractivity contribution < 1.29 is 23.8 Å². The Morgan fingerprint density at radius 2 is 1.86 bits per heavy atom. The molecule has 0 radical (unpaired) electrons. The molecule has 2 atom stereocenters. The van der Waals surface area contributed by atoms with Crippen LogP contribution in [-0.2, 0) is 27.2 Å². The average Bonchev–Trinajstić information content (AvgIpc) is 3.12. The van der Waals surface area contributed by atoms with E-state index in [-0.39, 0.29) is 37.2 Å². The van der Waals surface area contributed by atoms with Crippen molar-refractivity contribution in [3.05, 3.63) is 92.9 Å². The molecular formula is C27H25BrClNO5. The van der Waals surface area contributed by atoms with Gasteiger partial charge in [-0.15, -0.1) is 0 Å². The van der Waals surface area contributed by atoms with Crippen molar-refractivity contribution in [3.8, 4) is 11.5 Å². The largest absolute Gasteiger partial charge is 0.466 e. The van der Waals surface area contributed by atoms with Crippen LogP contribution in [0, 0.1) is 0 Å².